The summed E-state index contributed by atoms with van der Waals surface area (Å²) in [6, 6.07) is 4.88. The molecule has 146 valence electrons. The number of rotatable bonds is 2. The van der Waals surface area contributed by atoms with Gasteiger partial charge in [-0.1, -0.05) is 0 Å². The van der Waals surface area contributed by atoms with E-state index in [1.165, 1.54) is 6.42 Å². The number of hydrogen-bond acceptors (Lipinski definition) is 6. The van der Waals surface area contributed by atoms with Crippen molar-refractivity contribution in [3.05, 3.63) is 29.3 Å². The van der Waals surface area contributed by atoms with Crippen molar-refractivity contribution in [2.75, 3.05) is 24.5 Å². The molecule has 8 nitrogen and oxygen atoms in total. The molecule has 8 heteroatoms. The van der Waals surface area contributed by atoms with E-state index >= 15 is 0 Å². The van der Waals surface area contributed by atoms with Gasteiger partial charge in [-0.3, -0.25) is 29.4 Å². The molecule has 4 heterocycles. The highest BCUT2D eigenvalue weighted by molar-refractivity contribution is 6.23. The Bertz CT molecular complexity index is 898. The number of amides is 4. The number of carbonyl (C=O) groups is 4. The minimum atomic E-state index is -0.924. The zero-order valence-electron chi connectivity index (χ0n) is 15.4. The number of piperidine rings is 2. The van der Waals surface area contributed by atoms with E-state index in [0.717, 1.165) is 36.6 Å². The minimum Gasteiger partial charge on any atom is -0.367 e. The Labute approximate surface area is 162 Å². The highest BCUT2D eigenvalue weighted by atomic mass is 16.2. The zero-order chi connectivity index (χ0) is 19.4. The molecule has 0 radical (unpaired) electrons. The summed E-state index contributed by atoms with van der Waals surface area (Å²) in [4.78, 5) is 52.8. The Morgan fingerprint density at radius 3 is 2.61 bits per heavy atom. The summed E-state index contributed by atoms with van der Waals surface area (Å²) >= 11 is 0. The van der Waals surface area contributed by atoms with Crippen molar-refractivity contribution in [3.8, 4) is 0 Å². The number of carbonyl (C=O) groups excluding carboxylic acids is 4. The average molecular weight is 382 g/mol. The smallest absolute Gasteiger partial charge is 0.262 e. The number of hydrogen-bond donors (Lipinski definition) is 2. The van der Waals surface area contributed by atoms with E-state index < -0.39 is 23.8 Å². The van der Waals surface area contributed by atoms with Crippen LogP contribution in [0.5, 0.6) is 0 Å². The molecule has 5 rings (SSSR count). The fourth-order valence-electron chi connectivity index (χ4n) is 5.03. The Hall–Kier alpha value is -2.74. The van der Waals surface area contributed by atoms with E-state index in [9.17, 15) is 19.2 Å². The second kappa shape index (κ2) is 6.41. The molecule has 4 aliphatic heterocycles. The lowest BCUT2D eigenvalue weighted by Gasteiger charge is -2.39. The van der Waals surface area contributed by atoms with Crippen LogP contribution in [-0.2, 0) is 9.59 Å². The van der Waals surface area contributed by atoms with Gasteiger partial charge in [-0.2, -0.15) is 0 Å². The first-order chi connectivity index (χ1) is 13.5. The molecule has 1 unspecified atom stereocenters. The summed E-state index contributed by atoms with van der Waals surface area (Å²) < 4.78 is 0. The maximum Gasteiger partial charge on any atom is 0.262 e. The topological polar surface area (TPSA) is 98.8 Å². The second-order valence-corrected chi connectivity index (χ2v) is 8.00. The number of nitrogens with one attached hydrogen (secondary N) is 2. The van der Waals surface area contributed by atoms with Crippen LogP contribution in [0.25, 0.3) is 0 Å². The molecule has 0 aliphatic carbocycles. The maximum atomic E-state index is 13.0. The van der Waals surface area contributed by atoms with Gasteiger partial charge in [0.05, 0.1) is 11.1 Å². The fourth-order valence-corrected chi connectivity index (χ4v) is 5.03. The number of benzene rings is 1. The van der Waals surface area contributed by atoms with E-state index in [1.807, 2.05) is 6.07 Å². The molecule has 3 saturated heterocycles. The van der Waals surface area contributed by atoms with Crippen LogP contribution in [0.3, 0.4) is 0 Å². The van der Waals surface area contributed by atoms with Gasteiger partial charge >= 0.3 is 0 Å². The first-order valence-corrected chi connectivity index (χ1v) is 9.87. The Balaban J connectivity index is 1.45. The van der Waals surface area contributed by atoms with Crippen molar-refractivity contribution >= 4 is 29.3 Å². The van der Waals surface area contributed by atoms with E-state index in [0.29, 0.717) is 23.1 Å². The van der Waals surface area contributed by atoms with Gasteiger partial charge in [0.25, 0.3) is 11.8 Å². The van der Waals surface area contributed by atoms with Gasteiger partial charge in [0.15, 0.2) is 0 Å². The molecular weight excluding hydrogens is 360 g/mol. The normalized spacial score (nSPS) is 29.8. The fraction of sp³-hybridized carbons (Fsp3) is 0.500. The highest BCUT2D eigenvalue weighted by Gasteiger charge is 2.45. The van der Waals surface area contributed by atoms with Crippen molar-refractivity contribution in [2.24, 2.45) is 5.92 Å². The van der Waals surface area contributed by atoms with Crippen LogP contribution in [0, 0.1) is 5.92 Å². The molecule has 4 aliphatic rings. The van der Waals surface area contributed by atoms with Gasteiger partial charge in [0.1, 0.15) is 6.04 Å². The van der Waals surface area contributed by atoms with Crippen LogP contribution >= 0.6 is 0 Å². The monoisotopic (exact) mass is 382 g/mol. The second-order valence-electron chi connectivity index (χ2n) is 8.00. The van der Waals surface area contributed by atoms with E-state index in [-0.39, 0.29) is 18.7 Å². The van der Waals surface area contributed by atoms with Gasteiger partial charge in [-0.25, -0.2) is 0 Å². The molecule has 4 amide bonds. The first kappa shape index (κ1) is 17.4. The lowest BCUT2D eigenvalue weighted by molar-refractivity contribution is -0.136. The van der Waals surface area contributed by atoms with Crippen LogP contribution in [0.2, 0.25) is 0 Å². The molecule has 28 heavy (non-hydrogen) atoms. The Morgan fingerprint density at radius 1 is 0.964 bits per heavy atom. The van der Waals surface area contributed by atoms with Gasteiger partial charge in [0.2, 0.25) is 11.8 Å². The van der Waals surface area contributed by atoms with Crippen molar-refractivity contribution < 1.29 is 19.2 Å². The Kier molecular flexibility index (Phi) is 3.97. The van der Waals surface area contributed by atoms with E-state index in [4.69, 9.17) is 0 Å². The van der Waals surface area contributed by atoms with Crippen molar-refractivity contribution in [1.29, 1.82) is 0 Å². The Morgan fingerprint density at radius 2 is 1.79 bits per heavy atom. The number of anilines is 1. The maximum absolute atomic E-state index is 13.0. The predicted molar refractivity (Wildman–Crippen MR) is 99.8 cm³/mol. The summed E-state index contributed by atoms with van der Waals surface area (Å²) in [5, 5.41) is 5.67. The predicted octanol–water partition coefficient (Wildman–Crippen LogP) is 0.276. The summed E-state index contributed by atoms with van der Waals surface area (Å²) in [5.41, 5.74) is 1.63. The van der Waals surface area contributed by atoms with E-state index in [2.05, 4.69) is 15.5 Å². The third-order valence-electron chi connectivity index (χ3n) is 6.43. The minimum absolute atomic E-state index is 0.124. The van der Waals surface area contributed by atoms with Crippen molar-refractivity contribution in [2.45, 2.75) is 37.8 Å². The molecule has 0 aromatic heterocycles. The van der Waals surface area contributed by atoms with Crippen LogP contribution in [-0.4, -0.2) is 60.2 Å². The summed E-state index contributed by atoms with van der Waals surface area (Å²) in [7, 11) is 0. The molecular formula is C20H22N4O4. The molecule has 3 atom stereocenters. The first-order valence-electron chi connectivity index (χ1n) is 9.87. The third-order valence-corrected chi connectivity index (χ3v) is 6.43. The summed E-state index contributed by atoms with van der Waals surface area (Å²) in [6.07, 6.45) is 2.61. The van der Waals surface area contributed by atoms with Gasteiger partial charge in [0, 0.05) is 37.8 Å². The molecule has 2 N–H and O–H groups in total. The third kappa shape index (κ3) is 2.55. The van der Waals surface area contributed by atoms with Crippen molar-refractivity contribution in [1.82, 2.24) is 15.5 Å². The largest absolute Gasteiger partial charge is 0.367 e. The van der Waals surface area contributed by atoms with Crippen LogP contribution in [0.1, 0.15) is 46.4 Å². The molecule has 0 bridgehead atoms. The number of fused-ring (bicyclic) bond motifs is 2. The van der Waals surface area contributed by atoms with Gasteiger partial charge < -0.3 is 10.2 Å². The van der Waals surface area contributed by atoms with Crippen LogP contribution < -0.4 is 15.5 Å². The lowest BCUT2D eigenvalue weighted by Crippen LogP contribution is -2.54. The average Bonchev–Trinajstić information content (AvgIpc) is 3.26. The standard InChI is InChI=1S/C20H22N4O4/c25-17-6-5-15(18(26)22-17)24-19(27)13-4-3-12(8-14(13)20(24)28)23-7-1-2-11-9-21-10-16(11)23/h3-4,8,11,15-16,21H,1-2,5-7,9-10H2,(H,22,25,26)/t11-,15?,16+/m0/s1. The zero-order valence-corrected chi connectivity index (χ0v) is 15.4. The summed E-state index contributed by atoms with van der Waals surface area (Å²) in [5.74, 6) is -1.25. The lowest BCUT2D eigenvalue weighted by atomic mass is 9.91. The molecule has 1 aromatic carbocycles. The van der Waals surface area contributed by atoms with E-state index in [1.54, 1.807) is 12.1 Å². The molecule has 0 spiro atoms. The number of imide groups is 2. The molecule has 1 aromatic rings. The van der Waals surface area contributed by atoms with Crippen LogP contribution in [0.4, 0.5) is 5.69 Å². The number of nitrogens with zero attached hydrogens (tertiary/aromatic N) is 2. The van der Waals surface area contributed by atoms with Gasteiger partial charge in [-0.05, 0) is 43.4 Å². The SMILES string of the molecule is O=C1CCC(N2C(=O)c3ccc(N4CCC[C@H]5CNC[C@H]54)cc3C2=O)C(=O)N1. The quantitative estimate of drug-likeness (QED) is 0.713. The molecule has 3 fully saturated rings. The summed E-state index contributed by atoms with van der Waals surface area (Å²) in [6.45, 7) is 2.88. The highest BCUT2D eigenvalue weighted by Crippen LogP contribution is 2.35. The van der Waals surface area contributed by atoms with Crippen molar-refractivity contribution in [3.63, 3.8) is 0 Å². The van der Waals surface area contributed by atoms with Gasteiger partial charge in [-0.15, -0.1) is 0 Å². The van der Waals surface area contributed by atoms with Crippen LogP contribution in [0.15, 0.2) is 18.2 Å². The molecule has 0 saturated carbocycles.